The summed E-state index contributed by atoms with van der Waals surface area (Å²) in [5.74, 6) is 2.34. The van der Waals surface area contributed by atoms with Gasteiger partial charge in [-0.1, -0.05) is 6.07 Å². The zero-order chi connectivity index (χ0) is 12.1. The first kappa shape index (κ1) is 12.1. The first-order valence-electron chi connectivity index (χ1n) is 5.14. The molecule has 3 heteroatoms. The summed E-state index contributed by atoms with van der Waals surface area (Å²) in [7, 11) is 0. The van der Waals surface area contributed by atoms with Crippen molar-refractivity contribution < 1.29 is 4.79 Å². The maximum atomic E-state index is 11.8. The molecule has 0 atom stereocenters. The molecule has 0 aliphatic rings. The number of terminal acetylenes is 1. The lowest BCUT2D eigenvalue weighted by Gasteiger charge is -2.09. The number of anilines is 1. The highest BCUT2D eigenvalue weighted by atomic mass is 16.1. The molecule has 0 bridgehead atoms. The number of aryl methyl sites for hydroxylation is 2. The smallest absolute Gasteiger partial charge is 0.251 e. The third kappa shape index (κ3) is 2.77. The predicted molar refractivity (Wildman–Crippen MR) is 66.1 cm³/mol. The molecule has 0 radical (unpaired) electrons. The van der Waals surface area contributed by atoms with Crippen molar-refractivity contribution in [1.82, 2.24) is 5.32 Å². The monoisotopic (exact) mass is 216 g/mol. The number of benzene rings is 1. The Balaban J connectivity index is 2.84. The maximum absolute atomic E-state index is 11.8. The number of rotatable bonds is 3. The zero-order valence-electron chi connectivity index (χ0n) is 9.63. The average Bonchev–Trinajstić information content (AvgIpc) is 2.23. The minimum atomic E-state index is -0.126. The van der Waals surface area contributed by atoms with Gasteiger partial charge in [0.05, 0.1) is 0 Å². The number of nitrogens with two attached hydrogens (primary N) is 1. The van der Waals surface area contributed by atoms with Gasteiger partial charge in [0.15, 0.2) is 0 Å². The van der Waals surface area contributed by atoms with Crippen molar-refractivity contribution >= 4 is 11.6 Å². The number of carbonyl (C=O) groups excluding carboxylic acids is 1. The van der Waals surface area contributed by atoms with E-state index in [1.807, 2.05) is 19.9 Å². The van der Waals surface area contributed by atoms with Crippen LogP contribution in [0.4, 0.5) is 5.69 Å². The van der Waals surface area contributed by atoms with E-state index < -0.39 is 0 Å². The first-order valence-corrected chi connectivity index (χ1v) is 5.14. The molecule has 1 amide bonds. The first-order chi connectivity index (χ1) is 7.56. The highest BCUT2D eigenvalue weighted by Gasteiger charge is 2.09. The molecule has 0 fully saturated rings. The second-order valence-electron chi connectivity index (χ2n) is 3.73. The molecule has 0 aliphatic carbocycles. The van der Waals surface area contributed by atoms with E-state index in [4.69, 9.17) is 12.2 Å². The van der Waals surface area contributed by atoms with Crippen molar-refractivity contribution in [3.05, 3.63) is 28.8 Å². The van der Waals surface area contributed by atoms with Gasteiger partial charge in [-0.2, -0.15) is 0 Å². The van der Waals surface area contributed by atoms with Crippen molar-refractivity contribution in [2.75, 3.05) is 12.3 Å². The van der Waals surface area contributed by atoms with E-state index >= 15 is 0 Å². The maximum Gasteiger partial charge on any atom is 0.251 e. The van der Waals surface area contributed by atoms with Crippen LogP contribution in [0.1, 0.15) is 27.9 Å². The van der Waals surface area contributed by atoms with Gasteiger partial charge in [-0.05, 0) is 31.0 Å². The lowest BCUT2D eigenvalue weighted by Crippen LogP contribution is -2.25. The number of amides is 1. The van der Waals surface area contributed by atoms with E-state index in [1.165, 1.54) is 0 Å². The van der Waals surface area contributed by atoms with E-state index in [2.05, 4.69) is 11.2 Å². The van der Waals surface area contributed by atoms with E-state index in [0.29, 0.717) is 24.2 Å². The molecule has 0 unspecified atom stereocenters. The minimum absolute atomic E-state index is 0.126. The molecule has 84 valence electrons. The normalized spacial score (nSPS) is 9.56. The Morgan fingerprint density at radius 1 is 1.44 bits per heavy atom. The molecule has 0 aromatic heterocycles. The van der Waals surface area contributed by atoms with Crippen LogP contribution in [0.2, 0.25) is 0 Å². The topological polar surface area (TPSA) is 55.1 Å². The Bertz CT molecular complexity index is 444. The molecular formula is C13H16N2O. The molecule has 0 heterocycles. The third-order valence-corrected chi connectivity index (χ3v) is 2.41. The van der Waals surface area contributed by atoms with Crippen molar-refractivity contribution in [2.24, 2.45) is 0 Å². The van der Waals surface area contributed by atoms with Gasteiger partial charge in [0.2, 0.25) is 0 Å². The predicted octanol–water partition coefficient (Wildman–Crippen LogP) is 1.64. The van der Waals surface area contributed by atoms with Crippen LogP contribution in [-0.2, 0) is 0 Å². The number of hydrogen-bond donors (Lipinski definition) is 2. The number of nitrogen functional groups attached to an aromatic ring is 1. The fourth-order valence-corrected chi connectivity index (χ4v) is 1.46. The van der Waals surface area contributed by atoms with Crippen molar-refractivity contribution in [2.45, 2.75) is 20.3 Å². The van der Waals surface area contributed by atoms with Crippen LogP contribution in [0.5, 0.6) is 0 Å². The van der Waals surface area contributed by atoms with Gasteiger partial charge in [0.25, 0.3) is 5.91 Å². The number of carbonyl (C=O) groups is 1. The third-order valence-electron chi connectivity index (χ3n) is 2.41. The summed E-state index contributed by atoms with van der Waals surface area (Å²) in [6, 6.07) is 3.61. The van der Waals surface area contributed by atoms with Crippen LogP contribution in [0.3, 0.4) is 0 Å². The van der Waals surface area contributed by atoms with Crippen LogP contribution in [-0.4, -0.2) is 12.5 Å². The number of nitrogens with one attached hydrogen (secondary N) is 1. The molecule has 16 heavy (non-hydrogen) atoms. The van der Waals surface area contributed by atoms with Crippen LogP contribution >= 0.6 is 0 Å². The molecule has 1 aromatic rings. The Morgan fingerprint density at radius 3 is 2.75 bits per heavy atom. The van der Waals surface area contributed by atoms with Crippen LogP contribution in [0, 0.1) is 26.2 Å². The van der Waals surface area contributed by atoms with Crippen LogP contribution in [0.25, 0.3) is 0 Å². The molecule has 0 spiro atoms. The lowest BCUT2D eigenvalue weighted by atomic mass is 10.0. The van der Waals surface area contributed by atoms with Crippen molar-refractivity contribution in [1.29, 1.82) is 0 Å². The summed E-state index contributed by atoms with van der Waals surface area (Å²) in [6.45, 7) is 4.30. The number of hydrogen-bond acceptors (Lipinski definition) is 2. The van der Waals surface area contributed by atoms with Gasteiger partial charge < -0.3 is 11.1 Å². The van der Waals surface area contributed by atoms with Gasteiger partial charge in [0, 0.05) is 24.2 Å². The van der Waals surface area contributed by atoms with E-state index in [-0.39, 0.29) is 5.91 Å². The van der Waals surface area contributed by atoms with Gasteiger partial charge in [-0.15, -0.1) is 12.3 Å². The summed E-state index contributed by atoms with van der Waals surface area (Å²) in [6.07, 6.45) is 5.64. The van der Waals surface area contributed by atoms with E-state index in [0.717, 1.165) is 11.1 Å². The summed E-state index contributed by atoms with van der Waals surface area (Å²) < 4.78 is 0. The lowest BCUT2D eigenvalue weighted by molar-refractivity contribution is 0.0954. The van der Waals surface area contributed by atoms with Gasteiger partial charge in [0.1, 0.15) is 0 Å². The van der Waals surface area contributed by atoms with Gasteiger partial charge >= 0.3 is 0 Å². The molecule has 0 aliphatic heterocycles. The van der Waals surface area contributed by atoms with Crippen molar-refractivity contribution in [3.8, 4) is 12.3 Å². The summed E-state index contributed by atoms with van der Waals surface area (Å²) in [4.78, 5) is 11.8. The summed E-state index contributed by atoms with van der Waals surface area (Å²) in [5.41, 5.74) is 8.92. The second kappa shape index (κ2) is 5.22. The average molecular weight is 216 g/mol. The Morgan fingerprint density at radius 2 is 2.12 bits per heavy atom. The molecular weight excluding hydrogens is 200 g/mol. The molecule has 3 nitrogen and oxygen atoms in total. The van der Waals surface area contributed by atoms with E-state index in [1.54, 1.807) is 6.07 Å². The highest BCUT2D eigenvalue weighted by Crippen LogP contribution is 2.17. The standard InChI is InChI=1S/C13H16N2O/c1-4-5-6-15-13(16)11-8-12(14)10(3)7-9(11)2/h1,7-8H,5-6,14H2,2-3H3,(H,15,16). The minimum Gasteiger partial charge on any atom is -0.398 e. The van der Waals surface area contributed by atoms with Crippen LogP contribution < -0.4 is 11.1 Å². The molecule has 3 N–H and O–H groups in total. The zero-order valence-corrected chi connectivity index (χ0v) is 9.63. The van der Waals surface area contributed by atoms with Gasteiger partial charge in [-0.3, -0.25) is 4.79 Å². The van der Waals surface area contributed by atoms with Crippen LogP contribution in [0.15, 0.2) is 12.1 Å². The summed E-state index contributed by atoms with van der Waals surface area (Å²) >= 11 is 0. The second-order valence-corrected chi connectivity index (χ2v) is 3.73. The Labute approximate surface area is 96.0 Å². The molecule has 0 saturated heterocycles. The SMILES string of the molecule is C#CCCNC(=O)c1cc(N)c(C)cc1C. The Kier molecular flexibility index (Phi) is 3.96. The summed E-state index contributed by atoms with van der Waals surface area (Å²) in [5, 5.41) is 2.75. The fraction of sp³-hybridized carbons (Fsp3) is 0.308. The molecule has 1 aromatic carbocycles. The Hall–Kier alpha value is -1.95. The van der Waals surface area contributed by atoms with E-state index in [9.17, 15) is 4.79 Å². The molecule has 1 rings (SSSR count). The largest absolute Gasteiger partial charge is 0.398 e. The fourth-order valence-electron chi connectivity index (χ4n) is 1.46. The molecule has 0 saturated carbocycles. The van der Waals surface area contributed by atoms with Crippen molar-refractivity contribution in [3.63, 3.8) is 0 Å². The quantitative estimate of drug-likeness (QED) is 0.458. The van der Waals surface area contributed by atoms with Gasteiger partial charge in [-0.25, -0.2) is 0 Å². The highest BCUT2D eigenvalue weighted by molar-refractivity contribution is 5.96.